The SMILES string of the molecule is COc1cc2c(c3oc(=O)c4c(c13)CC(O)C4=O)C1CCOC1O2. The van der Waals surface area contributed by atoms with Gasteiger partial charge in [-0.05, 0) is 12.0 Å². The summed E-state index contributed by atoms with van der Waals surface area (Å²) in [6.07, 6.45) is -0.760. The predicted octanol–water partition coefficient (Wildman–Crippen LogP) is 1.12. The van der Waals surface area contributed by atoms with E-state index in [0.717, 1.165) is 12.0 Å². The van der Waals surface area contributed by atoms with Crippen LogP contribution in [0.5, 0.6) is 11.5 Å². The Kier molecular flexibility index (Phi) is 2.67. The fourth-order valence-electron chi connectivity index (χ4n) is 4.01. The molecule has 1 aliphatic carbocycles. The van der Waals surface area contributed by atoms with Crippen LogP contribution in [-0.2, 0) is 11.2 Å². The number of carbonyl (C=O) groups is 1. The molecule has 2 aliphatic heterocycles. The maximum Gasteiger partial charge on any atom is 0.347 e. The average Bonchev–Trinajstić information content (AvgIpc) is 3.20. The van der Waals surface area contributed by atoms with E-state index < -0.39 is 17.5 Å². The maximum atomic E-state index is 12.4. The Balaban J connectivity index is 1.91. The molecule has 1 saturated heterocycles. The molecule has 24 heavy (non-hydrogen) atoms. The molecule has 0 bridgehead atoms. The molecule has 0 spiro atoms. The zero-order valence-corrected chi connectivity index (χ0v) is 12.8. The number of hydrogen-bond acceptors (Lipinski definition) is 7. The van der Waals surface area contributed by atoms with Gasteiger partial charge in [-0.1, -0.05) is 0 Å². The van der Waals surface area contributed by atoms with E-state index in [4.69, 9.17) is 18.6 Å². The minimum absolute atomic E-state index is 0.0170. The summed E-state index contributed by atoms with van der Waals surface area (Å²) in [6.45, 7) is 0.578. The number of methoxy groups -OCH3 is 1. The van der Waals surface area contributed by atoms with Gasteiger partial charge in [0.05, 0.1) is 25.0 Å². The Bertz CT molecular complexity index is 958. The third kappa shape index (κ3) is 1.58. The smallest absolute Gasteiger partial charge is 0.347 e. The van der Waals surface area contributed by atoms with E-state index in [2.05, 4.69) is 0 Å². The van der Waals surface area contributed by atoms with Crippen molar-refractivity contribution in [1.82, 2.24) is 0 Å². The summed E-state index contributed by atoms with van der Waals surface area (Å²) in [7, 11) is 1.50. The van der Waals surface area contributed by atoms with Crippen molar-refractivity contribution >= 4 is 16.8 Å². The molecular formula is C17H14O7. The molecule has 3 atom stereocenters. The molecule has 7 nitrogen and oxygen atoms in total. The van der Waals surface area contributed by atoms with Gasteiger partial charge in [0.1, 0.15) is 28.7 Å². The topological polar surface area (TPSA) is 95.2 Å². The van der Waals surface area contributed by atoms with Gasteiger partial charge in [-0.2, -0.15) is 0 Å². The largest absolute Gasteiger partial charge is 0.496 e. The molecule has 0 saturated carbocycles. The molecular weight excluding hydrogens is 316 g/mol. The maximum absolute atomic E-state index is 12.4. The fraction of sp³-hybridized carbons (Fsp3) is 0.412. The lowest BCUT2D eigenvalue weighted by Crippen LogP contribution is -2.19. The van der Waals surface area contributed by atoms with Crippen LogP contribution in [0.2, 0.25) is 0 Å². The molecule has 3 aliphatic rings. The highest BCUT2D eigenvalue weighted by Crippen LogP contribution is 2.51. The number of aliphatic hydroxyl groups is 1. The summed E-state index contributed by atoms with van der Waals surface area (Å²) in [5.74, 6) is 0.408. The Morgan fingerprint density at radius 3 is 2.96 bits per heavy atom. The molecule has 1 N–H and O–H groups in total. The van der Waals surface area contributed by atoms with E-state index in [1.165, 1.54) is 7.11 Å². The van der Waals surface area contributed by atoms with Crippen molar-refractivity contribution < 1.29 is 28.5 Å². The van der Waals surface area contributed by atoms with Gasteiger partial charge in [-0.15, -0.1) is 0 Å². The highest BCUT2D eigenvalue weighted by atomic mass is 16.7. The Labute approximate surface area is 135 Å². The number of aliphatic hydroxyl groups excluding tert-OH is 1. The summed E-state index contributed by atoms with van der Waals surface area (Å²) in [4.78, 5) is 24.4. The van der Waals surface area contributed by atoms with Crippen LogP contribution in [0, 0.1) is 0 Å². The van der Waals surface area contributed by atoms with Gasteiger partial charge in [-0.25, -0.2) is 4.79 Å². The van der Waals surface area contributed by atoms with Crippen LogP contribution in [0.15, 0.2) is 15.3 Å². The van der Waals surface area contributed by atoms with Gasteiger partial charge in [0.15, 0.2) is 5.78 Å². The van der Waals surface area contributed by atoms with E-state index in [9.17, 15) is 14.7 Å². The molecule has 1 aromatic carbocycles. The zero-order chi connectivity index (χ0) is 16.6. The fourth-order valence-corrected chi connectivity index (χ4v) is 4.01. The summed E-state index contributed by atoms with van der Waals surface area (Å²) in [5, 5.41) is 10.5. The van der Waals surface area contributed by atoms with Gasteiger partial charge in [0, 0.05) is 18.1 Å². The van der Waals surface area contributed by atoms with E-state index in [1.54, 1.807) is 6.07 Å². The first-order valence-electron chi connectivity index (χ1n) is 7.81. The molecule has 0 radical (unpaired) electrons. The van der Waals surface area contributed by atoms with Crippen molar-refractivity contribution in [3.8, 4) is 11.5 Å². The number of hydrogen-bond donors (Lipinski definition) is 1. The van der Waals surface area contributed by atoms with Crippen LogP contribution in [0.1, 0.15) is 33.8 Å². The minimum Gasteiger partial charge on any atom is -0.496 e. The lowest BCUT2D eigenvalue weighted by Gasteiger charge is -2.13. The van der Waals surface area contributed by atoms with Crippen LogP contribution < -0.4 is 15.1 Å². The second-order valence-electron chi connectivity index (χ2n) is 6.27. The van der Waals surface area contributed by atoms with Crippen molar-refractivity contribution in [2.24, 2.45) is 0 Å². The summed E-state index contributed by atoms with van der Waals surface area (Å²) in [6, 6.07) is 1.73. The lowest BCUT2D eigenvalue weighted by atomic mass is 9.94. The highest BCUT2D eigenvalue weighted by Gasteiger charge is 2.44. The normalized spacial score (nSPS) is 27.1. The molecule has 5 rings (SSSR count). The van der Waals surface area contributed by atoms with Gasteiger partial charge in [-0.3, -0.25) is 4.79 Å². The van der Waals surface area contributed by atoms with Crippen LogP contribution in [-0.4, -0.2) is 37.0 Å². The second-order valence-corrected chi connectivity index (χ2v) is 6.27. The molecule has 1 aromatic heterocycles. The second kappa shape index (κ2) is 4.58. The first-order valence-corrected chi connectivity index (χ1v) is 7.81. The van der Waals surface area contributed by atoms with E-state index >= 15 is 0 Å². The van der Waals surface area contributed by atoms with E-state index in [0.29, 0.717) is 34.6 Å². The van der Waals surface area contributed by atoms with Crippen LogP contribution in [0.25, 0.3) is 11.0 Å². The van der Waals surface area contributed by atoms with Gasteiger partial charge < -0.3 is 23.7 Å². The third-order valence-electron chi connectivity index (χ3n) is 5.07. The number of carbonyl (C=O) groups excluding carboxylic acids is 1. The number of benzene rings is 1. The Morgan fingerprint density at radius 2 is 2.17 bits per heavy atom. The highest BCUT2D eigenvalue weighted by molar-refractivity contribution is 6.08. The van der Waals surface area contributed by atoms with Crippen LogP contribution >= 0.6 is 0 Å². The number of ketones is 1. The van der Waals surface area contributed by atoms with E-state index in [-0.39, 0.29) is 24.2 Å². The summed E-state index contributed by atoms with van der Waals surface area (Å²) >= 11 is 0. The minimum atomic E-state index is -1.22. The standard InChI is InChI=1S/C17H14O7/c1-21-9-5-10-11(6-2-3-22-17(6)23-10)15-12(9)7-4-8(18)14(19)13(7)16(20)24-15/h5-6,8,17-18H,2-4H2,1H3. The molecule has 7 heteroatoms. The van der Waals surface area contributed by atoms with Crippen molar-refractivity contribution in [2.75, 3.05) is 13.7 Å². The number of ether oxygens (including phenoxy) is 3. The van der Waals surface area contributed by atoms with Gasteiger partial charge >= 0.3 is 5.63 Å². The van der Waals surface area contributed by atoms with E-state index in [1.807, 2.05) is 0 Å². The first-order chi connectivity index (χ1) is 11.6. The first kappa shape index (κ1) is 14.0. The molecule has 2 aromatic rings. The zero-order valence-electron chi connectivity index (χ0n) is 12.8. The molecule has 3 unspecified atom stereocenters. The van der Waals surface area contributed by atoms with Gasteiger partial charge in [0.25, 0.3) is 0 Å². The average molecular weight is 330 g/mol. The molecule has 1 fully saturated rings. The molecule has 0 amide bonds. The summed E-state index contributed by atoms with van der Waals surface area (Å²) < 4.78 is 22.3. The quantitative estimate of drug-likeness (QED) is 0.783. The lowest BCUT2D eigenvalue weighted by molar-refractivity contribution is -0.0337. The Morgan fingerprint density at radius 1 is 1.33 bits per heavy atom. The van der Waals surface area contributed by atoms with Crippen molar-refractivity contribution in [3.63, 3.8) is 0 Å². The third-order valence-corrected chi connectivity index (χ3v) is 5.07. The Hall–Kier alpha value is -2.38. The van der Waals surface area contributed by atoms with Crippen LogP contribution in [0.3, 0.4) is 0 Å². The monoisotopic (exact) mass is 330 g/mol. The van der Waals surface area contributed by atoms with Crippen molar-refractivity contribution in [3.05, 3.63) is 33.2 Å². The molecule has 3 heterocycles. The van der Waals surface area contributed by atoms with Crippen LogP contribution in [0.4, 0.5) is 0 Å². The number of fused-ring (bicyclic) bond motifs is 7. The summed E-state index contributed by atoms with van der Waals surface area (Å²) in [5.41, 5.74) is 0.832. The number of rotatable bonds is 1. The number of Topliss-reactive ketones (excluding diaryl/α,β-unsaturated/α-hetero) is 1. The van der Waals surface area contributed by atoms with Gasteiger partial charge in [0.2, 0.25) is 6.29 Å². The predicted molar refractivity (Wildman–Crippen MR) is 80.8 cm³/mol. The molecule has 124 valence electrons. The van der Waals surface area contributed by atoms with Crippen molar-refractivity contribution in [1.29, 1.82) is 0 Å². The van der Waals surface area contributed by atoms with Crippen molar-refractivity contribution in [2.45, 2.75) is 31.2 Å².